The summed E-state index contributed by atoms with van der Waals surface area (Å²) in [5.74, 6) is -0.169. The fourth-order valence-corrected chi connectivity index (χ4v) is 2.45. The summed E-state index contributed by atoms with van der Waals surface area (Å²) >= 11 is 5.83. The van der Waals surface area contributed by atoms with Gasteiger partial charge in [-0.15, -0.1) is 0 Å². The molecule has 0 aromatic heterocycles. The zero-order valence-corrected chi connectivity index (χ0v) is 16.2. The van der Waals surface area contributed by atoms with Gasteiger partial charge in [0.15, 0.2) is 0 Å². The van der Waals surface area contributed by atoms with E-state index in [1.165, 1.54) is 6.21 Å². The Labute approximate surface area is 163 Å². The van der Waals surface area contributed by atoms with Crippen LogP contribution in [0.3, 0.4) is 0 Å². The minimum atomic E-state index is -0.726. The quantitative estimate of drug-likeness (QED) is 0.565. The summed E-state index contributed by atoms with van der Waals surface area (Å²) < 4.78 is 5.14. The van der Waals surface area contributed by atoms with E-state index in [4.69, 9.17) is 16.3 Å². The first-order valence-electron chi connectivity index (χ1n) is 8.44. The van der Waals surface area contributed by atoms with Crippen molar-refractivity contribution in [2.45, 2.75) is 19.9 Å². The summed E-state index contributed by atoms with van der Waals surface area (Å²) in [6, 6.07) is 13.0. The number of hydrogen-bond acceptors (Lipinski definition) is 4. The minimum Gasteiger partial charge on any atom is -0.497 e. The minimum absolute atomic E-state index is 0.117. The molecule has 0 bridgehead atoms. The molecule has 27 heavy (non-hydrogen) atoms. The van der Waals surface area contributed by atoms with E-state index in [-0.39, 0.29) is 11.8 Å². The van der Waals surface area contributed by atoms with Gasteiger partial charge in [0.25, 0.3) is 11.8 Å². The van der Waals surface area contributed by atoms with Crippen LogP contribution in [-0.4, -0.2) is 31.2 Å². The van der Waals surface area contributed by atoms with Crippen molar-refractivity contribution in [3.63, 3.8) is 0 Å². The number of nitrogens with one attached hydrogen (secondary N) is 2. The zero-order chi connectivity index (χ0) is 19.8. The van der Waals surface area contributed by atoms with Crippen molar-refractivity contribution in [1.29, 1.82) is 0 Å². The highest BCUT2D eigenvalue weighted by Crippen LogP contribution is 2.12. The molecule has 2 amide bonds. The van der Waals surface area contributed by atoms with Crippen molar-refractivity contribution in [1.82, 2.24) is 10.7 Å². The number of methoxy groups -OCH3 is 1. The van der Waals surface area contributed by atoms with Gasteiger partial charge in [-0.05, 0) is 47.9 Å². The van der Waals surface area contributed by atoms with Gasteiger partial charge in [0.1, 0.15) is 11.8 Å². The molecular formula is C20H22ClN3O3. The molecule has 0 aliphatic carbocycles. The van der Waals surface area contributed by atoms with Gasteiger partial charge >= 0.3 is 0 Å². The third kappa shape index (κ3) is 6.11. The molecule has 0 fully saturated rings. The lowest BCUT2D eigenvalue weighted by molar-refractivity contribution is -0.123. The normalized spacial score (nSPS) is 12.0. The molecule has 0 saturated carbocycles. The van der Waals surface area contributed by atoms with Crippen molar-refractivity contribution < 1.29 is 14.3 Å². The van der Waals surface area contributed by atoms with Gasteiger partial charge < -0.3 is 10.1 Å². The van der Waals surface area contributed by atoms with Crippen LogP contribution in [0.4, 0.5) is 0 Å². The molecule has 1 atom stereocenters. The molecule has 0 saturated heterocycles. The Kier molecular flexibility index (Phi) is 7.37. The Balaban J connectivity index is 2.00. The van der Waals surface area contributed by atoms with E-state index in [9.17, 15) is 9.59 Å². The maximum Gasteiger partial charge on any atom is 0.262 e. The van der Waals surface area contributed by atoms with Crippen molar-refractivity contribution in [3.8, 4) is 5.75 Å². The van der Waals surface area contributed by atoms with Crippen molar-refractivity contribution >= 4 is 29.6 Å². The van der Waals surface area contributed by atoms with Gasteiger partial charge in [0, 0.05) is 10.6 Å². The van der Waals surface area contributed by atoms with Crippen molar-refractivity contribution in [2.75, 3.05) is 7.11 Å². The molecule has 0 heterocycles. The lowest BCUT2D eigenvalue weighted by Crippen LogP contribution is -2.48. The molecule has 2 rings (SSSR count). The van der Waals surface area contributed by atoms with Crippen LogP contribution in [0.1, 0.15) is 29.8 Å². The molecule has 2 N–H and O–H groups in total. The number of hydrogen-bond donors (Lipinski definition) is 2. The SMILES string of the molecule is COc1cccc(/C=N/NC(=O)C(NC(=O)c2ccc(Cl)cc2)C(C)C)c1. The van der Waals surface area contributed by atoms with Crippen LogP contribution >= 0.6 is 11.6 Å². The van der Waals surface area contributed by atoms with E-state index >= 15 is 0 Å². The Bertz CT molecular complexity index is 819. The molecule has 6 nitrogen and oxygen atoms in total. The summed E-state index contributed by atoms with van der Waals surface area (Å²) in [5.41, 5.74) is 3.68. The molecular weight excluding hydrogens is 366 g/mol. The van der Waals surface area contributed by atoms with Crippen LogP contribution < -0.4 is 15.5 Å². The number of hydrazone groups is 1. The van der Waals surface area contributed by atoms with Gasteiger partial charge in [-0.2, -0.15) is 5.10 Å². The van der Waals surface area contributed by atoms with Gasteiger partial charge in [-0.1, -0.05) is 37.6 Å². The predicted octanol–water partition coefficient (Wildman–Crippen LogP) is 3.25. The number of carbonyl (C=O) groups is 2. The fourth-order valence-electron chi connectivity index (χ4n) is 2.32. The molecule has 1 unspecified atom stereocenters. The van der Waals surface area contributed by atoms with Crippen molar-refractivity contribution in [3.05, 3.63) is 64.7 Å². The highest BCUT2D eigenvalue weighted by molar-refractivity contribution is 6.30. The van der Waals surface area contributed by atoms with Crippen LogP contribution in [0.15, 0.2) is 53.6 Å². The monoisotopic (exact) mass is 387 g/mol. The third-order valence-corrected chi connectivity index (χ3v) is 4.08. The predicted molar refractivity (Wildman–Crippen MR) is 106 cm³/mol. The number of benzene rings is 2. The molecule has 0 aliphatic heterocycles. The number of nitrogens with zero attached hydrogens (tertiary/aromatic N) is 1. The maximum atomic E-state index is 12.4. The number of ether oxygens (including phenoxy) is 1. The van der Waals surface area contributed by atoms with E-state index in [0.717, 1.165) is 5.56 Å². The largest absolute Gasteiger partial charge is 0.497 e. The van der Waals surface area contributed by atoms with Crippen LogP contribution in [0.2, 0.25) is 5.02 Å². The highest BCUT2D eigenvalue weighted by atomic mass is 35.5. The first-order valence-corrected chi connectivity index (χ1v) is 8.82. The third-order valence-electron chi connectivity index (χ3n) is 3.82. The van der Waals surface area contributed by atoms with Crippen LogP contribution in [0, 0.1) is 5.92 Å². The van der Waals surface area contributed by atoms with Gasteiger partial charge in [-0.25, -0.2) is 5.43 Å². The molecule has 7 heteroatoms. The van der Waals surface area contributed by atoms with Gasteiger partial charge in [0.05, 0.1) is 13.3 Å². The Hall–Kier alpha value is -2.86. The van der Waals surface area contributed by atoms with E-state index in [1.807, 2.05) is 32.0 Å². The molecule has 0 aliphatic rings. The van der Waals surface area contributed by atoms with Gasteiger partial charge in [-0.3, -0.25) is 9.59 Å². The smallest absolute Gasteiger partial charge is 0.262 e. The standard InChI is InChI=1S/C20H22ClN3O3/c1-13(2)18(23-19(25)15-7-9-16(21)10-8-15)20(26)24-22-12-14-5-4-6-17(11-14)27-3/h4-13,18H,1-3H3,(H,23,25)(H,24,26)/b22-12+. The summed E-state index contributed by atoms with van der Waals surface area (Å²) in [5, 5.41) is 7.23. The lowest BCUT2D eigenvalue weighted by Gasteiger charge is -2.20. The molecule has 0 radical (unpaired) electrons. The average molecular weight is 388 g/mol. The second-order valence-corrected chi connectivity index (χ2v) is 6.65. The van der Waals surface area contributed by atoms with Gasteiger partial charge in [0.2, 0.25) is 0 Å². The zero-order valence-electron chi connectivity index (χ0n) is 15.4. The number of halogens is 1. The fraction of sp³-hybridized carbons (Fsp3) is 0.250. The number of carbonyl (C=O) groups excluding carboxylic acids is 2. The van der Waals surface area contributed by atoms with Crippen molar-refractivity contribution in [2.24, 2.45) is 11.0 Å². The second-order valence-electron chi connectivity index (χ2n) is 6.21. The van der Waals surface area contributed by atoms with Crippen LogP contribution in [-0.2, 0) is 4.79 Å². The highest BCUT2D eigenvalue weighted by Gasteiger charge is 2.24. The lowest BCUT2D eigenvalue weighted by atomic mass is 10.0. The summed E-state index contributed by atoms with van der Waals surface area (Å²) in [6.07, 6.45) is 1.51. The Morgan fingerprint density at radius 1 is 1.15 bits per heavy atom. The van der Waals surface area contributed by atoms with E-state index in [2.05, 4.69) is 15.8 Å². The first-order chi connectivity index (χ1) is 12.9. The topological polar surface area (TPSA) is 79.8 Å². The summed E-state index contributed by atoms with van der Waals surface area (Å²) in [7, 11) is 1.58. The Morgan fingerprint density at radius 2 is 1.85 bits per heavy atom. The Morgan fingerprint density at radius 3 is 2.48 bits per heavy atom. The maximum absolute atomic E-state index is 12.4. The van der Waals surface area contributed by atoms with E-state index in [0.29, 0.717) is 16.3 Å². The summed E-state index contributed by atoms with van der Waals surface area (Å²) in [6.45, 7) is 3.69. The molecule has 2 aromatic carbocycles. The van der Waals surface area contributed by atoms with Crippen LogP contribution in [0.5, 0.6) is 5.75 Å². The number of rotatable bonds is 7. The summed E-state index contributed by atoms with van der Waals surface area (Å²) in [4.78, 5) is 24.8. The molecule has 2 aromatic rings. The molecule has 142 valence electrons. The number of amides is 2. The molecule has 0 spiro atoms. The second kappa shape index (κ2) is 9.73. The average Bonchev–Trinajstić information content (AvgIpc) is 2.66. The van der Waals surface area contributed by atoms with E-state index < -0.39 is 11.9 Å². The van der Waals surface area contributed by atoms with Crippen LogP contribution in [0.25, 0.3) is 0 Å². The van der Waals surface area contributed by atoms with E-state index in [1.54, 1.807) is 37.4 Å². The first kappa shape index (κ1) is 20.5.